The summed E-state index contributed by atoms with van der Waals surface area (Å²) in [5, 5.41) is 6.06. The fourth-order valence-corrected chi connectivity index (χ4v) is 4.21. The zero-order valence-corrected chi connectivity index (χ0v) is 16.3. The molecule has 0 spiro atoms. The van der Waals surface area contributed by atoms with E-state index in [0.717, 1.165) is 23.2 Å². The van der Waals surface area contributed by atoms with Crippen LogP contribution in [0.1, 0.15) is 29.5 Å². The van der Waals surface area contributed by atoms with Gasteiger partial charge in [-0.25, -0.2) is 4.98 Å². The number of fused-ring (bicyclic) bond motifs is 1. The molecule has 136 valence electrons. The van der Waals surface area contributed by atoms with E-state index in [1.165, 1.54) is 47.8 Å². The topological polar surface area (TPSA) is 42.0 Å². The van der Waals surface area contributed by atoms with Crippen molar-refractivity contribution in [3.05, 3.63) is 75.6 Å². The first-order valence-corrected chi connectivity index (χ1v) is 10.3. The van der Waals surface area contributed by atoms with E-state index < -0.39 is 0 Å². The van der Waals surface area contributed by atoms with Crippen LogP contribution in [0.2, 0.25) is 5.02 Å². The molecule has 1 heterocycles. The highest BCUT2D eigenvalue weighted by atomic mass is 35.5. The van der Waals surface area contributed by atoms with Crippen LogP contribution in [0.4, 0.5) is 5.13 Å². The lowest BCUT2D eigenvalue weighted by atomic mass is 9.90. The van der Waals surface area contributed by atoms with Crippen molar-refractivity contribution in [2.45, 2.75) is 25.7 Å². The first-order valence-electron chi connectivity index (χ1n) is 9.00. The van der Waals surface area contributed by atoms with Gasteiger partial charge in [0.05, 0.1) is 5.69 Å². The second-order valence-electron chi connectivity index (χ2n) is 6.61. The predicted octanol–water partition coefficient (Wildman–Crippen LogP) is 5.99. The number of aromatic nitrogens is 1. The number of carbonyl (C=O) groups excluding carboxylic acids is 1. The smallest absolute Gasteiger partial charge is 0.250 e. The Hall–Kier alpha value is -2.43. The van der Waals surface area contributed by atoms with Crippen molar-refractivity contribution in [2.24, 2.45) is 0 Å². The molecule has 1 aliphatic rings. The number of nitrogens with one attached hydrogen (secondary N) is 1. The van der Waals surface area contributed by atoms with Crippen LogP contribution in [0.15, 0.2) is 53.9 Å². The number of aryl methyl sites for hydroxylation is 2. The largest absolute Gasteiger partial charge is 0.298 e. The van der Waals surface area contributed by atoms with Crippen molar-refractivity contribution < 1.29 is 4.79 Å². The zero-order valence-electron chi connectivity index (χ0n) is 14.7. The SMILES string of the molecule is O=C(/C=C/c1cccc(Cl)c1)Nc1nc(-c2ccc3c(c2)CCCC3)cs1. The molecular formula is C22H19ClN2OS. The van der Waals surface area contributed by atoms with Crippen LogP contribution in [-0.2, 0) is 17.6 Å². The number of anilines is 1. The maximum Gasteiger partial charge on any atom is 0.250 e. The molecule has 5 heteroatoms. The van der Waals surface area contributed by atoms with Gasteiger partial charge in [0, 0.05) is 22.0 Å². The summed E-state index contributed by atoms with van der Waals surface area (Å²) in [6.45, 7) is 0. The van der Waals surface area contributed by atoms with Crippen LogP contribution < -0.4 is 5.32 Å². The van der Waals surface area contributed by atoms with Crippen LogP contribution in [0.25, 0.3) is 17.3 Å². The Bertz CT molecular complexity index is 1010. The molecule has 1 N–H and O–H groups in total. The third-order valence-electron chi connectivity index (χ3n) is 4.65. The first kappa shape index (κ1) is 18.0. The Balaban J connectivity index is 1.44. The minimum Gasteiger partial charge on any atom is -0.298 e. The number of hydrogen-bond acceptors (Lipinski definition) is 3. The fraction of sp³-hybridized carbons (Fsp3) is 0.182. The summed E-state index contributed by atoms with van der Waals surface area (Å²) in [5.74, 6) is -0.207. The molecule has 0 unspecified atom stereocenters. The van der Waals surface area contributed by atoms with E-state index in [9.17, 15) is 4.79 Å². The summed E-state index contributed by atoms with van der Waals surface area (Å²) in [6, 6.07) is 14.0. The van der Waals surface area contributed by atoms with Gasteiger partial charge in [0.1, 0.15) is 0 Å². The van der Waals surface area contributed by atoms with Gasteiger partial charge < -0.3 is 0 Å². The molecule has 0 saturated heterocycles. The quantitative estimate of drug-likeness (QED) is 0.552. The van der Waals surface area contributed by atoms with Crippen LogP contribution in [-0.4, -0.2) is 10.9 Å². The summed E-state index contributed by atoms with van der Waals surface area (Å²) in [7, 11) is 0. The Labute approximate surface area is 167 Å². The summed E-state index contributed by atoms with van der Waals surface area (Å²) >= 11 is 7.39. The third kappa shape index (κ3) is 4.46. The van der Waals surface area contributed by atoms with Crippen molar-refractivity contribution in [2.75, 3.05) is 5.32 Å². The second-order valence-corrected chi connectivity index (χ2v) is 7.90. The van der Waals surface area contributed by atoms with Crippen LogP contribution in [0.3, 0.4) is 0 Å². The summed E-state index contributed by atoms with van der Waals surface area (Å²) < 4.78 is 0. The lowest BCUT2D eigenvalue weighted by Crippen LogP contribution is -2.07. The molecule has 27 heavy (non-hydrogen) atoms. The van der Waals surface area contributed by atoms with Gasteiger partial charge in [-0.05, 0) is 66.6 Å². The number of benzene rings is 2. The molecule has 4 rings (SSSR count). The fourth-order valence-electron chi connectivity index (χ4n) is 3.29. The molecule has 0 fully saturated rings. The second kappa shape index (κ2) is 8.07. The van der Waals surface area contributed by atoms with Crippen molar-refractivity contribution >= 4 is 40.1 Å². The van der Waals surface area contributed by atoms with Gasteiger partial charge >= 0.3 is 0 Å². The molecule has 2 aromatic carbocycles. The Kier molecular flexibility index (Phi) is 5.37. The van der Waals surface area contributed by atoms with E-state index in [4.69, 9.17) is 11.6 Å². The first-order chi connectivity index (χ1) is 13.2. The maximum atomic E-state index is 12.1. The molecule has 1 aromatic heterocycles. The Morgan fingerprint density at radius 1 is 1.11 bits per heavy atom. The van der Waals surface area contributed by atoms with Crippen molar-refractivity contribution in [1.29, 1.82) is 0 Å². The number of thiazole rings is 1. The minimum absolute atomic E-state index is 0.207. The van der Waals surface area contributed by atoms with E-state index in [-0.39, 0.29) is 5.91 Å². The van der Waals surface area contributed by atoms with Crippen molar-refractivity contribution in [3.8, 4) is 11.3 Å². The van der Waals surface area contributed by atoms with Crippen LogP contribution in [0, 0.1) is 0 Å². The monoisotopic (exact) mass is 394 g/mol. The van der Waals surface area contributed by atoms with E-state index in [2.05, 4.69) is 28.5 Å². The maximum absolute atomic E-state index is 12.1. The normalized spacial score (nSPS) is 13.5. The molecular weight excluding hydrogens is 376 g/mol. The van der Waals surface area contributed by atoms with E-state index >= 15 is 0 Å². The average molecular weight is 395 g/mol. The molecule has 3 aromatic rings. The number of carbonyl (C=O) groups is 1. The number of nitrogens with zero attached hydrogens (tertiary/aromatic N) is 1. The summed E-state index contributed by atoms with van der Waals surface area (Å²) in [6.07, 6.45) is 8.08. The Morgan fingerprint density at radius 2 is 1.96 bits per heavy atom. The molecule has 0 aliphatic heterocycles. The van der Waals surface area contributed by atoms with E-state index in [0.29, 0.717) is 10.2 Å². The predicted molar refractivity (Wildman–Crippen MR) is 113 cm³/mol. The number of amides is 1. The number of halogens is 1. The molecule has 0 atom stereocenters. The number of hydrogen-bond donors (Lipinski definition) is 1. The zero-order chi connectivity index (χ0) is 18.6. The van der Waals surface area contributed by atoms with Gasteiger partial charge in [-0.3, -0.25) is 10.1 Å². The van der Waals surface area contributed by atoms with Gasteiger partial charge in [0.15, 0.2) is 5.13 Å². The number of rotatable bonds is 4. The van der Waals surface area contributed by atoms with Gasteiger partial charge in [0.2, 0.25) is 5.91 Å². The highest BCUT2D eigenvalue weighted by Crippen LogP contribution is 2.29. The van der Waals surface area contributed by atoms with Gasteiger partial charge in [-0.15, -0.1) is 11.3 Å². The molecule has 0 saturated carbocycles. The standard InChI is InChI=1S/C22H19ClN2OS/c23-19-7-3-4-15(12-19)8-11-21(26)25-22-24-20(14-27-22)18-10-9-16-5-1-2-6-17(16)13-18/h3-4,7-14H,1-2,5-6H2,(H,24,25,26)/b11-8+. The Morgan fingerprint density at radius 3 is 2.81 bits per heavy atom. The minimum atomic E-state index is -0.207. The molecule has 1 aliphatic carbocycles. The van der Waals surface area contributed by atoms with Gasteiger partial charge in [0.25, 0.3) is 0 Å². The molecule has 0 bridgehead atoms. The lowest BCUT2D eigenvalue weighted by molar-refractivity contribution is -0.111. The summed E-state index contributed by atoms with van der Waals surface area (Å²) in [5.41, 5.74) is 5.79. The highest BCUT2D eigenvalue weighted by molar-refractivity contribution is 7.14. The highest BCUT2D eigenvalue weighted by Gasteiger charge is 2.12. The van der Waals surface area contributed by atoms with Gasteiger partial charge in [-0.1, -0.05) is 35.9 Å². The van der Waals surface area contributed by atoms with Crippen molar-refractivity contribution in [1.82, 2.24) is 4.98 Å². The van der Waals surface area contributed by atoms with E-state index in [1.54, 1.807) is 12.1 Å². The van der Waals surface area contributed by atoms with E-state index in [1.807, 2.05) is 23.6 Å². The average Bonchev–Trinajstić information content (AvgIpc) is 3.14. The third-order valence-corrected chi connectivity index (χ3v) is 5.65. The van der Waals surface area contributed by atoms with Crippen LogP contribution in [0.5, 0.6) is 0 Å². The molecule has 3 nitrogen and oxygen atoms in total. The molecule has 1 amide bonds. The van der Waals surface area contributed by atoms with Crippen LogP contribution >= 0.6 is 22.9 Å². The molecule has 0 radical (unpaired) electrons. The van der Waals surface area contributed by atoms with Gasteiger partial charge in [-0.2, -0.15) is 0 Å². The van der Waals surface area contributed by atoms with Crippen molar-refractivity contribution in [3.63, 3.8) is 0 Å². The summed E-state index contributed by atoms with van der Waals surface area (Å²) in [4.78, 5) is 16.7. The lowest BCUT2D eigenvalue weighted by Gasteiger charge is -2.16.